The van der Waals surface area contributed by atoms with Crippen LogP contribution in [-0.2, 0) is 6.42 Å². The van der Waals surface area contributed by atoms with Gasteiger partial charge in [0.2, 0.25) is 0 Å². The second-order valence-corrected chi connectivity index (χ2v) is 8.06. The second kappa shape index (κ2) is 6.82. The quantitative estimate of drug-likeness (QED) is 0.729. The average Bonchev–Trinajstić information content (AvgIpc) is 3.02. The van der Waals surface area contributed by atoms with E-state index in [1.165, 1.54) is 0 Å². The van der Waals surface area contributed by atoms with E-state index in [0.717, 1.165) is 28.8 Å². The van der Waals surface area contributed by atoms with Gasteiger partial charge in [0.25, 0.3) is 5.91 Å². The second-order valence-electron chi connectivity index (χ2n) is 8.06. The Balaban J connectivity index is 1.35. The molecule has 2 N–H and O–H groups in total. The van der Waals surface area contributed by atoms with E-state index in [2.05, 4.69) is 9.97 Å². The van der Waals surface area contributed by atoms with E-state index < -0.39 is 5.60 Å². The molecule has 5 nitrogen and oxygen atoms in total. The predicted octanol–water partition coefficient (Wildman–Crippen LogP) is 3.51. The van der Waals surface area contributed by atoms with Crippen molar-refractivity contribution >= 4 is 16.9 Å². The van der Waals surface area contributed by atoms with Gasteiger partial charge in [0, 0.05) is 18.7 Å². The first-order valence-corrected chi connectivity index (χ1v) is 9.44. The number of likely N-dealkylation sites (tertiary alicyclic amines) is 1. The number of carbonyl (C=O) groups excluding carboxylic acids is 1. The molecular weight excluding hydrogens is 338 g/mol. The number of nitrogens with one attached hydrogen (secondary N) is 1. The summed E-state index contributed by atoms with van der Waals surface area (Å²) in [4.78, 5) is 22.5. The highest BCUT2D eigenvalue weighted by Crippen LogP contribution is 2.28. The Morgan fingerprint density at radius 2 is 1.89 bits per heavy atom. The molecule has 4 rings (SSSR count). The summed E-state index contributed by atoms with van der Waals surface area (Å²) >= 11 is 0. The lowest BCUT2D eigenvalue weighted by atomic mass is 9.96. The molecule has 140 valence electrons. The third kappa shape index (κ3) is 3.88. The molecule has 1 saturated heterocycles. The predicted molar refractivity (Wildman–Crippen MR) is 106 cm³/mol. The highest BCUT2D eigenvalue weighted by molar-refractivity contribution is 5.95. The van der Waals surface area contributed by atoms with Gasteiger partial charge in [-0.1, -0.05) is 24.3 Å². The third-order valence-corrected chi connectivity index (χ3v) is 5.19. The van der Waals surface area contributed by atoms with Crippen LogP contribution in [-0.4, -0.2) is 44.6 Å². The van der Waals surface area contributed by atoms with Crippen molar-refractivity contribution in [3.8, 4) is 0 Å². The van der Waals surface area contributed by atoms with Gasteiger partial charge < -0.3 is 15.0 Å². The number of aryl methyl sites for hydroxylation is 1. The van der Waals surface area contributed by atoms with Crippen molar-refractivity contribution in [3.63, 3.8) is 0 Å². The molecule has 1 aliphatic rings. The number of amides is 1. The van der Waals surface area contributed by atoms with Gasteiger partial charge in [0.05, 0.1) is 22.6 Å². The van der Waals surface area contributed by atoms with Gasteiger partial charge in [-0.3, -0.25) is 4.79 Å². The Kier molecular flexibility index (Phi) is 4.48. The van der Waals surface area contributed by atoms with Crippen molar-refractivity contribution in [2.24, 2.45) is 0 Å². The Morgan fingerprint density at radius 1 is 1.19 bits per heavy atom. The van der Waals surface area contributed by atoms with Crippen LogP contribution in [0.4, 0.5) is 0 Å². The van der Waals surface area contributed by atoms with Crippen molar-refractivity contribution in [1.29, 1.82) is 0 Å². The molecule has 1 aromatic heterocycles. The molecule has 0 saturated carbocycles. The zero-order valence-electron chi connectivity index (χ0n) is 15.8. The summed E-state index contributed by atoms with van der Waals surface area (Å²) in [5.74, 6) is 1.30. The van der Waals surface area contributed by atoms with Crippen molar-refractivity contribution in [2.45, 2.75) is 38.2 Å². The SMILES string of the molecule is CC(C)(O)CCc1ccc(C(=O)N2CC(c3nc4ccccc4[nH]3)C2)cc1. The van der Waals surface area contributed by atoms with Crippen LogP contribution in [0.5, 0.6) is 0 Å². The Labute approximate surface area is 159 Å². The molecule has 0 unspecified atom stereocenters. The van der Waals surface area contributed by atoms with E-state index in [9.17, 15) is 9.90 Å². The summed E-state index contributed by atoms with van der Waals surface area (Å²) in [7, 11) is 0. The summed E-state index contributed by atoms with van der Waals surface area (Å²) < 4.78 is 0. The first-order chi connectivity index (χ1) is 12.9. The van der Waals surface area contributed by atoms with Crippen molar-refractivity contribution in [2.75, 3.05) is 13.1 Å². The monoisotopic (exact) mass is 363 g/mol. The third-order valence-electron chi connectivity index (χ3n) is 5.19. The Morgan fingerprint density at radius 3 is 2.56 bits per heavy atom. The fourth-order valence-electron chi connectivity index (χ4n) is 3.43. The number of imidazole rings is 1. The minimum atomic E-state index is -0.669. The topological polar surface area (TPSA) is 69.2 Å². The number of aromatic nitrogens is 2. The summed E-state index contributed by atoms with van der Waals surface area (Å²) in [6, 6.07) is 15.7. The van der Waals surface area contributed by atoms with Crippen LogP contribution < -0.4 is 0 Å². The van der Waals surface area contributed by atoms with Crippen LogP contribution in [0.2, 0.25) is 0 Å². The van der Waals surface area contributed by atoms with Crippen LogP contribution in [0.3, 0.4) is 0 Å². The molecule has 1 fully saturated rings. The highest BCUT2D eigenvalue weighted by Gasteiger charge is 2.34. The maximum Gasteiger partial charge on any atom is 0.253 e. The summed E-state index contributed by atoms with van der Waals surface area (Å²) in [5, 5.41) is 9.83. The smallest absolute Gasteiger partial charge is 0.253 e. The minimum Gasteiger partial charge on any atom is -0.390 e. The molecule has 2 heterocycles. The van der Waals surface area contributed by atoms with E-state index in [0.29, 0.717) is 25.1 Å². The van der Waals surface area contributed by atoms with Crippen LogP contribution in [0, 0.1) is 0 Å². The standard InChI is InChI=1S/C22H25N3O2/c1-22(2,27)12-11-15-7-9-16(10-8-15)21(26)25-13-17(14-25)20-23-18-5-3-4-6-19(18)24-20/h3-10,17,27H,11-14H2,1-2H3,(H,23,24). The van der Waals surface area contributed by atoms with Gasteiger partial charge in [0.15, 0.2) is 0 Å². The lowest BCUT2D eigenvalue weighted by Gasteiger charge is -2.38. The number of hydrogen-bond donors (Lipinski definition) is 2. The number of fused-ring (bicyclic) bond motifs is 1. The van der Waals surface area contributed by atoms with E-state index in [1.807, 2.05) is 67.3 Å². The number of benzene rings is 2. The maximum absolute atomic E-state index is 12.7. The number of aliphatic hydroxyl groups is 1. The fraction of sp³-hybridized carbons (Fsp3) is 0.364. The molecule has 0 spiro atoms. The molecule has 0 aliphatic carbocycles. The molecular formula is C22H25N3O2. The van der Waals surface area contributed by atoms with Gasteiger partial charge in [-0.15, -0.1) is 0 Å². The largest absolute Gasteiger partial charge is 0.390 e. The molecule has 2 aromatic carbocycles. The van der Waals surface area contributed by atoms with Crippen molar-refractivity contribution < 1.29 is 9.90 Å². The number of hydrogen-bond acceptors (Lipinski definition) is 3. The van der Waals surface area contributed by atoms with E-state index in [-0.39, 0.29) is 11.8 Å². The van der Waals surface area contributed by atoms with Crippen molar-refractivity contribution in [1.82, 2.24) is 14.9 Å². The molecule has 0 radical (unpaired) electrons. The average molecular weight is 363 g/mol. The molecule has 27 heavy (non-hydrogen) atoms. The number of aromatic amines is 1. The van der Waals surface area contributed by atoms with Crippen LogP contribution in [0.15, 0.2) is 48.5 Å². The Bertz CT molecular complexity index is 915. The summed E-state index contributed by atoms with van der Waals surface area (Å²) in [6.45, 7) is 5.01. The minimum absolute atomic E-state index is 0.0661. The zero-order chi connectivity index (χ0) is 19.0. The van der Waals surface area contributed by atoms with Crippen LogP contribution in [0.1, 0.15) is 47.9 Å². The Hall–Kier alpha value is -2.66. The van der Waals surface area contributed by atoms with Gasteiger partial charge >= 0.3 is 0 Å². The maximum atomic E-state index is 12.7. The van der Waals surface area contributed by atoms with Crippen LogP contribution >= 0.6 is 0 Å². The lowest BCUT2D eigenvalue weighted by Crippen LogP contribution is -2.48. The van der Waals surface area contributed by atoms with Gasteiger partial charge in [-0.25, -0.2) is 4.98 Å². The highest BCUT2D eigenvalue weighted by atomic mass is 16.3. The molecule has 0 bridgehead atoms. The number of rotatable bonds is 5. The van der Waals surface area contributed by atoms with Gasteiger partial charge in [-0.2, -0.15) is 0 Å². The summed E-state index contributed by atoms with van der Waals surface area (Å²) in [6.07, 6.45) is 1.50. The normalized spacial score (nSPS) is 15.1. The first kappa shape index (κ1) is 17.7. The molecule has 1 aliphatic heterocycles. The first-order valence-electron chi connectivity index (χ1n) is 9.44. The molecule has 3 aromatic rings. The molecule has 1 amide bonds. The number of nitrogens with zero attached hydrogens (tertiary/aromatic N) is 2. The number of para-hydroxylation sites is 2. The number of H-pyrrole nitrogens is 1. The summed E-state index contributed by atoms with van der Waals surface area (Å²) in [5.41, 5.74) is 3.19. The molecule has 5 heteroatoms. The van der Waals surface area contributed by atoms with E-state index in [1.54, 1.807) is 0 Å². The van der Waals surface area contributed by atoms with E-state index in [4.69, 9.17) is 0 Å². The number of carbonyl (C=O) groups is 1. The van der Waals surface area contributed by atoms with Gasteiger partial charge in [0.1, 0.15) is 5.82 Å². The zero-order valence-corrected chi connectivity index (χ0v) is 15.8. The van der Waals surface area contributed by atoms with Crippen molar-refractivity contribution in [3.05, 3.63) is 65.5 Å². The van der Waals surface area contributed by atoms with E-state index >= 15 is 0 Å². The lowest BCUT2D eigenvalue weighted by molar-refractivity contribution is 0.0595. The fourth-order valence-corrected chi connectivity index (χ4v) is 3.43. The molecule has 0 atom stereocenters. The van der Waals surface area contributed by atoms with Gasteiger partial charge in [-0.05, 0) is 56.5 Å². The van der Waals surface area contributed by atoms with Crippen LogP contribution in [0.25, 0.3) is 11.0 Å².